The van der Waals surface area contributed by atoms with E-state index >= 15 is 0 Å². The molecule has 2 N–H and O–H groups in total. The van der Waals surface area contributed by atoms with Crippen LogP contribution in [0.3, 0.4) is 0 Å². The first kappa shape index (κ1) is 14.0. The molecule has 1 saturated heterocycles. The molecule has 0 aliphatic carbocycles. The molecule has 1 aliphatic rings. The predicted octanol–water partition coefficient (Wildman–Crippen LogP) is 0.707. The van der Waals surface area contributed by atoms with E-state index in [1.54, 1.807) is 12.3 Å². The van der Waals surface area contributed by atoms with Gasteiger partial charge in [0.05, 0.1) is 0 Å². The van der Waals surface area contributed by atoms with Gasteiger partial charge in [-0.3, -0.25) is 14.7 Å². The van der Waals surface area contributed by atoms with Gasteiger partial charge in [0, 0.05) is 37.9 Å². The van der Waals surface area contributed by atoms with Crippen LogP contribution in [0.25, 0.3) is 0 Å². The first-order valence-electron chi connectivity index (χ1n) is 6.57. The van der Waals surface area contributed by atoms with Gasteiger partial charge < -0.3 is 10.6 Å². The van der Waals surface area contributed by atoms with Crippen molar-refractivity contribution in [2.75, 3.05) is 26.7 Å². The highest BCUT2D eigenvalue weighted by atomic mass is 16.1. The van der Waals surface area contributed by atoms with E-state index in [2.05, 4.69) is 35.7 Å². The molecule has 0 atom stereocenters. The number of amides is 1. The zero-order valence-corrected chi connectivity index (χ0v) is 11.9. The van der Waals surface area contributed by atoms with Gasteiger partial charge in [0.15, 0.2) is 0 Å². The summed E-state index contributed by atoms with van der Waals surface area (Å²) in [7, 11) is 2.16. The van der Waals surface area contributed by atoms with Crippen LogP contribution in [0.4, 0.5) is 0 Å². The molecular weight excluding hydrogens is 240 g/mol. The third-order valence-corrected chi connectivity index (χ3v) is 3.72. The molecule has 0 unspecified atom stereocenters. The Labute approximate surface area is 114 Å². The monoisotopic (exact) mass is 262 g/mol. The molecule has 104 valence electrons. The van der Waals surface area contributed by atoms with Crippen LogP contribution in [0.5, 0.6) is 0 Å². The maximum atomic E-state index is 11.0. The van der Waals surface area contributed by atoms with E-state index in [4.69, 9.17) is 5.73 Å². The average molecular weight is 262 g/mol. The van der Waals surface area contributed by atoms with Crippen LogP contribution in [-0.2, 0) is 6.54 Å². The number of carbonyl (C=O) groups excluding carboxylic acids is 1. The molecule has 1 aromatic rings. The summed E-state index contributed by atoms with van der Waals surface area (Å²) in [4.78, 5) is 19.9. The second kappa shape index (κ2) is 5.27. The van der Waals surface area contributed by atoms with Crippen molar-refractivity contribution < 1.29 is 4.79 Å². The Hall–Kier alpha value is -1.46. The molecule has 1 aromatic heterocycles. The molecule has 0 aromatic carbocycles. The summed E-state index contributed by atoms with van der Waals surface area (Å²) in [6.07, 6.45) is 1.74. The third kappa shape index (κ3) is 3.30. The Kier molecular flexibility index (Phi) is 3.87. The number of nitrogens with zero attached hydrogens (tertiary/aromatic N) is 3. The minimum absolute atomic E-state index is 0.148. The lowest BCUT2D eigenvalue weighted by molar-refractivity contribution is 0.0253. The smallest absolute Gasteiger partial charge is 0.267 e. The molecule has 1 aliphatic heterocycles. The first-order valence-corrected chi connectivity index (χ1v) is 6.57. The van der Waals surface area contributed by atoms with Crippen LogP contribution in [0.1, 0.15) is 29.9 Å². The van der Waals surface area contributed by atoms with Crippen molar-refractivity contribution in [1.82, 2.24) is 14.8 Å². The SMILES string of the molecule is CN1CCN(Cc2ccc(C(N)=O)nc2)C(C)(C)C1. The van der Waals surface area contributed by atoms with E-state index in [-0.39, 0.29) is 5.54 Å². The normalized spacial score (nSPS) is 20.4. The summed E-state index contributed by atoms with van der Waals surface area (Å²) in [5.74, 6) is -0.480. The van der Waals surface area contributed by atoms with Gasteiger partial charge in [-0.25, -0.2) is 0 Å². The van der Waals surface area contributed by atoms with E-state index in [1.807, 2.05) is 6.07 Å². The van der Waals surface area contributed by atoms with Gasteiger partial charge in [0.25, 0.3) is 5.91 Å². The molecular formula is C14H22N4O. The van der Waals surface area contributed by atoms with Crippen LogP contribution >= 0.6 is 0 Å². The van der Waals surface area contributed by atoms with Crippen LogP contribution in [0, 0.1) is 0 Å². The van der Waals surface area contributed by atoms with Gasteiger partial charge in [-0.05, 0) is 32.5 Å². The topological polar surface area (TPSA) is 62.5 Å². The molecule has 0 radical (unpaired) electrons. The second-order valence-electron chi connectivity index (χ2n) is 5.89. The van der Waals surface area contributed by atoms with Gasteiger partial charge in [0.2, 0.25) is 0 Å². The molecule has 19 heavy (non-hydrogen) atoms. The molecule has 0 saturated carbocycles. The average Bonchev–Trinajstić information content (AvgIpc) is 2.33. The lowest BCUT2D eigenvalue weighted by Gasteiger charge is -2.46. The molecule has 0 spiro atoms. The number of pyridine rings is 1. The Morgan fingerprint density at radius 2 is 2.16 bits per heavy atom. The minimum atomic E-state index is -0.480. The van der Waals surface area contributed by atoms with Gasteiger partial charge in [0.1, 0.15) is 5.69 Å². The van der Waals surface area contributed by atoms with Gasteiger partial charge in [-0.15, -0.1) is 0 Å². The van der Waals surface area contributed by atoms with Crippen molar-refractivity contribution in [3.05, 3.63) is 29.6 Å². The Balaban J connectivity index is 2.06. The maximum absolute atomic E-state index is 11.0. The van der Waals surface area contributed by atoms with Gasteiger partial charge in [-0.2, -0.15) is 0 Å². The summed E-state index contributed by atoms with van der Waals surface area (Å²) in [6, 6.07) is 3.63. The minimum Gasteiger partial charge on any atom is -0.364 e. The van der Waals surface area contributed by atoms with Crippen LogP contribution < -0.4 is 5.73 Å². The number of carbonyl (C=O) groups is 1. The van der Waals surface area contributed by atoms with Crippen molar-refractivity contribution >= 4 is 5.91 Å². The van der Waals surface area contributed by atoms with Crippen molar-refractivity contribution in [2.24, 2.45) is 5.73 Å². The molecule has 0 bridgehead atoms. The predicted molar refractivity (Wildman–Crippen MR) is 74.7 cm³/mol. The Morgan fingerprint density at radius 3 is 2.68 bits per heavy atom. The molecule has 5 nitrogen and oxygen atoms in total. The molecule has 1 amide bonds. The van der Waals surface area contributed by atoms with Crippen molar-refractivity contribution in [2.45, 2.75) is 25.9 Å². The number of rotatable bonds is 3. The van der Waals surface area contributed by atoms with Crippen LogP contribution in [0.15, 0.2) is 18.3 Å². The summed E-state index contributed by atoms with van der Waals surface area (Å²) in [6.45, 7) is 8.55. The van der Waals surface area contributed by atoms with Crippen LogP contribution in [0.2, 0.25) is 0 Å². The number of aromatic nitrogens is 1. The van der Waals surface area contributed by atoms with Crippen LogP contribution in [-0.4, -0.2) is 52.9 Å². The number of hydrogen-bond acceptors (Lipinski definition) is 4. The zero-order valence-electron chi connectivity index (χ0n) is 11.9. The van der Waals surface area contributed by atoms with E-state index in [0.29, 0.717) is 5.69 Å². The van der Waals surface area contributed by atoms with Gasteiger partial charge in [-0.1, -0.05) is 6.07 Å². The van der Waals surface area contributed by atoms with E-state index in [9.17, 15) is 4.79 Å². The molecule has 1 fully saturated rings. The Morgan fingerprint density at radius 1 is 1.42 bits per heavy atom. The number of likely N-dealkylation sites (N-methyl/N-ethyl adjacent to an activating group) is 1. The third-order valence-electron chi connectivity index (χ3n) is 3.72. The largest absolute Gasteiger partial charge is 0.364 e. The number of primary amides is 1. The number of hydrogen-bond donors (Lipinski definition) is 1. The standard InChI is InChI=1S/C14H22N4O/c1-14(2)10-17(3)6-7-18(14)9-11-4-5-12(13(15)19)16-8-11/h4-5,8H,6-7,9-10H2,1-3H3,(H2,15,19). The quantitative estimate of drug-likeness (QED) is 0.871. The zero-order chi connectivity index (χ0) is 14.0. The summed E-state index contributed by atoms with van der Waals surface area (Å²) >= 11 is 0. The molecule has 5 heteroatoms. The van der Waals surface area contributed by atoms with E-state index in [0.717, 1.165) is 31.7 Å². The Bertz CT molecular complexity index is 455. The van der Waals surface area contributed by atoms with Crippen molar-refractivity contribution in [3.8, 4) is 0 Å². The number of nitrogens with two attached hydrogens (primary N) is 1. The lowest BCUT2D eigenvalue weighted by atomic mass is 9.98. The molecule has 2 rings (SSSR count). The number of piperazine rings is 1. The fourth-order valence-electron chi connectivity index (χ4n) is 2.61. The van der Waals surface area contributed by atoms with E-state index in [1.165, 1.54) is 0 Å². The highest BCUT2D eigenvalue weighted by Gasteiger charge is 2.31. The van der Waals surface area contributed by atoms with Gasteiger partial charge >= 0.3 is 0 Å². The lowest BCUT2D eigenvalue weighted by Crippen LogP contribution is -2.57. The highest BCUT2D eigenvalue weighted by molar-refractivity contribution is 5.90. The fourth-order valence-corrected chi connectivity index (χ4v) is 2.61. The first-order chi connectivity index (χ1) is 8.88. The summed E-state index contributed by atoms with van der Waals surface area (Å²) < 4.78 is 0. The molecule has 2 heterocycles. The van der Waals surface area contributed by atoms with E-state index < -0.39 is 5.91 Å². The summed E-state index contributed by atoms with van der Waals surface area (Å²) in [5, 5.41) is 0. The van der Waals surface area contributed by atoms with Crippen molar-refractivity contribution in [3.63, 3.8) is 0 Å². The maximum Gasteiger partial charge on any atom is 0.267 e. The highest BCUT2D eigenvalue weighted by Crippen LogP contribution is 2.22. The summed E-state index contributed by atoms with van der Waals surface area (Å²) in [5.41, 5.74) is 6.77. The van der Waals surface area contributed by atoms with Crippen molar-refractivity contribution in [1.29, 1.82) is 0 Å². The second-order valence-corrected chi connectivity index (χ2v) is 5.89. The fraction of sp³-hybridized carbons (Fsp3) is 0.571.